The van der Waals surface area contributed by atoms with E-state index in [0.29, 0.717) is 34.4 Å². The lowest BCUT2D eigenvalue weighted by molar-refractivity contribution is 0.0787. The van der Waals surface area contributed by atoms with Crippen LogP contribution < -0.4 is 4.74 Å². The Hall–Kier alpha value is -3.74. The molecule has 0 unspecified atom stereocenters. The van der Waals surface area contributed by atoms with Crippen LogP contribution in [0.4, 0.5) is 4.39 Å². The highest BCUT2D eigenvalue weighted by atomic mass is 19.1. The van der Waals surface area contributed by atoms with E-state index >= 15 is 0 Å². The fraction of sp³-hybridized carbons (Fsp3) is 0.208. The van der Waals surface area contributed by atoms with Gasteiger partial charge in [0.25, 0.3) is 5.91 Å². The van der Waals surface area contributed by atoms with Crippen LogP contribution in [-0.2, 0) is 13.1 Å². The number of hydrogen-bond acceptors (Lipinski definition) is 4. The van der Waals surface area contributed by atoms with Gasteiger partial charge in [0.1, 0.15) is 0 Å². The summed E-state index contributed by atoms with van der Waals surface area (Å²) in [6.45, 7) is 2.88. The van der Waals surface area contributed by atoms with E-state index in [2.05, 4.69) is 5.10 Å². The van der Waals surface area contributed by atoms with Crippen LogP contribution in [-0.4, -0.2) is 39.7 Å². The maximum absolute atomic E-state index is 14.1. The third kappa shape index (κ3) is 3.99. The molecule has 2 aromatic heterocycles. The molecular formula is C24H23FN4O2. The highest BCUT2D eigenvalue weighted by molar-refractivity contribution is 6.06. The molecule has 31 heavy (non-hydrogen) atoms. The second-order valence-electron chi connectivity index (χ2n) is 7.25. The van der Waals surface area contributed by atoms with E-state index < -0.39 is 5.82 Å². The average Bonchev–Trinajstić information content (AvgIpc) is 3.21. The van der Waals surface area contributed by atoms with Gasteiger partial charge in [0.05, 0.1) is 30.0 Å². The Labute approximate surface area is 179 Å². The van der Waals surface area contributed by atoms with Crippen molar-refractivity contribution in [1.82, 2.24) is 19.7 Å². The van der Waals surface area contributed by atoms with Gasteiger partial charge in [0.2, 0.25) is 0 Å². The van der Waals surface area contributed by atoms with E-state index in [4.69, 9.17) is 9.72 Å². The van der Waals surface area contributed by atoms with Gasteiger partial charge >= 0.3 is 0 Å². The maximum Gasteiger partial charge on any atom is 0.254 e. The van der Waals surface area contributed by atoms with Crippen molar-refractivity contribution in [2.75, 3.05) is 14.2 Å². The molecule has 0 spiro atoms. The van der Waals surface area contributed by atoms with E-state index in [1.165, 1.54) is 13.2 Å². The predicted octanol–water partition coefficient (Wildman–Crippen LogP) is 4.54. The first kappa shape index (κ1) is 20.5. The molecule has 0 aliphatic rings. The molecule has 0 aliphatic carbocycles. The third-order valence-corrected chi connectivity index (χ3v) is 5.19. The van der Waals surface area contributed by atoms with Crippen molar-refractivity contribution in [2.24, 2.45) is 0 Å². The number of pyridine rings is 1. The number of benzene rings is 2. The topological polar surface area (TPSA) is 60.2 Å². The SMILES string of the molecule is CCn1ncc2c(C(=O)N(C)Cc3ccc(OC)c(F)c3)cc(-c3ccccc3)nc21. The first-order valence-corrected chi connectivity index (χ1v) is 10.0. The fourth-order valence-corrected chi connectivity index (χ4v) is 3.57. The largest absolute Gasteiger partial charge is 0.494 e. The van der Waals surface area contributed by atoms with Crippen molar-refractivity contribution in [3.8, 4) is 17.0 Å². The van der Waals surface area contributed by atoms with Gasteiger partial charge in [0.15, 0.2) is 17.2 Å². The molecular weight excluding hydrogens is 395 g/mol. The quantitative estimate of drug-likeness (QED) is 0.461. The van der Waals surface area contributed by atoms with Crippen LogP contribution >= 0.6 is 0 Å². The smallest absolute Gasteiger partial charge is 0.254 e. The number of aryl methyl sites for hydroxylation is 1. The summed E-state index contributed by atoms with van der Waals surface area (Å²) in [6, 6.07) is 16.2. The van der Waals surface area contributed by atoms with E-state index in [-0.39, 0.29) is 18.2 Å². The Kier molecular flexibility index (Phi) is 5.66. The molecule has 4 rings (SSSR count). The van der Waals surface area contributed by atoms with Crippen molar-refractivity contribution in [3.05, 3.63) is 77.7 Å². The summed E-state index contributed by atoms with van der Waals surface area (Å²) in [5.41, 5.74) is 3.47. The monoisotopic (exact) mass is 418 g/mol. The molecule has 6 nitrogen and oxygen atoms in total. The van der Waals surface area contributed by atoms with Crippen molar-refractivity contribution < 1.29 is 13.9 Å². The van der Waals surface area contributed by atoms with Crippen molar-refractivity contribution in [3.63, 3.8) is 0 Å². The zero-order valence-corrected chi connectivity index (χ0v) is 17.7. The summed E-state index contributed by atoms with van der Waals surface area (Å²) in [6.07, 6.45) is 1.68. The van der Waals surface area contributed by atoms with Crippen LogP contribution in [0.25, 0.3) is 22.3 Å². The lowest BCUT2D eigenvalue weighted by Crippen LogP contribution is -2.26. The van der Waals surface area contributed by atoms with Gasteiger partial charge in [-0.3, -0.25) is 4.79 Å². The van der Waals surface area contributed by atoms with Crippen LogP contribution in [0, 0.1) is 5.82 Å². The third-order valence-electron chi connectivity index (χ3n) is 5.19. The summed E-state index contributed by atoms with van der Waals surface area (Å²) < 4.78 is 20.8. The average molecular weight is 418 g/mol. The minimum atomic E-state index is -0.456. The zero-order valence-electron chi connectivity index (χ0n) is 17.7. The Balaban J connectivity index is 1.72. The van der Waals surface area contributed by atoms with Crippen LogP contribution in [0.15, 0.2) is 60.8 Å². The molecule has 0 saturated heterocycles. The molecule has 0 saturated carbocycles. The number of nitrogens with zero attached hydrogens (tertiary/aromatic N) is 4. The maximum atomic E-state index is 14.1. The standard InChI is InChI=1S/C24H23FN4O2/c1-4-29-23-19(14-26-29)18(13-21(27-23)17-8-6-5-7-9-17)24(30)28(2)15-16-10-11-22(31-3)20(25)12-16/h5-14H,4,15H2,1-3H3. The Morgan fingerprint density at radius 1 is 1.16 bits per heavy atom. The number of aromatic nitrogens is 3. The molecule has 0 bridgehead atoms. The number of amides is 1. The second kappa shape index (κ2) is 8.55. The molecule has 0 N–H and O–H groups in total. The van der Waals surface area contributed by atoms with Gasteiger partial charge in [-0.2, -0.15) is 5.10 Å². The summed E-state index contributed by atoms with van der Waals surface area (Å²) in [5.74, 6) is -0.466. The molecule has 158 valence electrons. The Morgan fingerprint density at radius 3 is 2.61 bits per heavy atom. The normalized spacial score (nSPS) is 11.0. The number of carbonyl (C=O) groups is 1. The number of fused-ring (bicyclic) bond motifs is 1. The number of ether oxygens (including phenoxy) is 1. The molecule has 0 atom stereocenters. The van der Waals surface area contributed by atoms with Crippen molar-refractivity contribution in [1.29, 1.82) is 0 Å². The van der Waals surface area contributed by atoms with Gasteiger partial charge < -0.3 is 9.64 Å². The molecule has 0 radical (unpaired) electrons. The summed E-state index contributed by atoms with van der Waals surface area (Å²) in [5, 5.41) is 5.08. The van der Waals surface area contributed by atoms with Crippen LogP contribution in [0.5, 0.6) is 5.75 Å². The van der Waals surface area contributed by atoms with Gasteiger partial charge in [-0.15, -0.1) is 0 Å². The summed E-state index contributed by atoms with van der Waals surface area (Å²) in [4.78, 5) is 19.7. The molecule has 0 fully saturated rings. The van der Waals surface area contributed by atoms with Gasteiger partial charge in [-0.05, 0) is 30.7 Å². The zero-order chi connectivity index (χ0) is 22.0. The lowest BCUT2D eigenvalue weighted by Gasteiger charge is -2.19. The van der Waals surface area contributed by atoms with E-state index in [0.717, 1.165) is 5.56 Å². The highest BCUT2D eigenvalue weighted by Gasteiger charge is 2.20. The van der Waals surface area contributed by atoms with Gasteiger partial charge in [-0.25, -0.2) is 14.1 Å². The van der Waals surface area contributed by atoms with Gasteiger partial charge in [-0.1, -0.05) is 36.4 Å². The molecule has 1 amide bonds. The van der Waals surface area contributed by atoms with Crippen molar-refractivity contribution >= 4 is 16.9 Å². The molecule has 2 heterocycles. The summed E-state index contributed by atoms with van der Waals surface area (Å²) in [7, 11) is 3.12. The first-order valence-electron chi connectivity index (χ1n) is 10.0. The highest BCUT2D eigenvalue weighted by Crippen LogP contribution is 2.26. The second-order valence-corrected chi connectivity index (χ2v) is 7.25. The molecule has 2 aromatic carbocycles. The predicted molar refractivity (Wildman–Crippen MR) is 117 cm³/mol. The Morgan fingerprint density at radius 2 is 1.94 bits per heavy atom. The first-order chi connectivity index (χ1) is 15.0. The minimum Gasteiger partial charge on any atom is -0.494 e. The van der Waals surface area contributed by atoms with E-state index in [1.807, 2.05) is 37.3 Å². The minimum absolute atomic E-state index is 0.174. The van der Waals surface area contributed by atoms with E-state index in [1.54, 1.807) is 41.0 Å². The van der Waals surface area contributed by atoms with Gasteiger partial charge in [0, 0.05) is 25.7 Å². The van der Waals surface area contributed by atoms with Crippen LogP contribution in [0.2, 0.25) is 0 Å². The number of carbonyl (C=O) groups excluding carboxylic acids is 1. The van der Waals surface area contributed by atoms with Crippen LogP contribution in [0.3, 0.4) is 0 Å². The number of hydrogen-bond donors (Lipinski definition) is 0. The lowest BCUT2D eigenvalue weighted by atomic mass is 10.1. The molecule has 7 heteroatoms. The molecule has 0 aliphatic heterocycles. The number of rotatable bonds is 6. The Bertz CT molecular complexity index is 1240. The summed E-state index contributed by atoms with van der Waals surface area (Å²) >= 11 is 0. The van der Waals surface area contributed by atoms with Crippen LogP contribution in [0.1, 0.15) is 22.8 Å². The van der Waals surface area contributed by atoms with E-state index in [9.17, 15) is 9.18 Å². The molecule has 4 aromatic rings. The fourth-order valence-electron chi connectivity index (χ4n) is 3.57. The van der Waals surface area contributed by atoms with Crippen molar-refractivity contribution in [2.45, 2.75) is 20.0 Å². The number of methoxy groups -OCH3 is 1. The number of halogens is 1.